The molecule has 3 aromatic rings. The molecule has 2 unspecified atom stereocenters. The third-order valence-corrected chi connectivity index (χ3v) is 9.40. The highest BCUT2D eigenvalue weighted by Gasteiger charge is 2.47. The van der Waals surface area contributed by atoms with Gasteiger partial charge in [0.15, 0.2) is 12.0 Å². The van der Waals surface area contributed by atoms with Gasteiger partial charge in [-0.2, -0.15) is 8.62 Å². The Morgan fingerprint density at radius 3 is 2.30 bits per heavy atom. The average molecular weight is 699 g/mol. The summed E-state index contributed by atoms with van der Waals surface area (Å²) < 4.78 is 99.0. The fraction of sp³-hybridized carbons (Fsp3) is 0.389. The number of alkyl halides is 3. The summed E-state index contributed by atoms with van der Waals surface area (Å²) in [6.07, 6.45) is -11.7. The average Bonchev–Trinajstić information content (AvgIpc) is 3.39. The van der Waals surface area contributed by atoms with Crippen LogP contribution in [0.15, 0.2) is 44.6 Å². The van der Waals surface area contributed by atoms with Crippen molar-refractivity contribution in [1.82, 2.24) is 14.3 Å². The number of phosphoric ester groups is 1. The molecule has 44 heavy (non-hydrogen) atoms. The highest BCUT2D eigenvalue weighted by Crippen LogP contribution is 2.66. The van der Waals surface area contributed by atoms with Crippen LogP contribution in [0.2, 0.25) is 0 Å². The van der Waals surface area contributed by atoms with E-state index >= 15 is 0 Å². The molecular weight excluding hydrogens is 680 g/mol. The van der Waals surface area contributed by atoms with E-state index in [2.05, 4.69) is 23.0 Å². The fourth-order valence-electron chi connectivity index (χ4n) is 3.89. The van der Waals surface area contributed by atoms with Crippen molar-refractivity contribution in [3.63, 3.8) is 0 Å². The molecule has 6 atom stereocenters. The van der Waals surface area contributed by atoms with Gasteiger partial charge in [-0.05, 0) is 12.1 Å². The predicted octanol–water partition coefficient (Wildman–Crippen LogP) is 0.0606. The normalized spacial score (nSPS) is 23.8. The molecule has 0 spiro atoms. The Morgan fingerprint density at radius 1 is 0.977 bits per heavy atom. The van der Waals surface area contributed by atoms with Gasteiger partial charge >= 0.3 is 35.5 Å². The van der Waals surface area contributed by atoms with E-state index in [4.69, 9.17) is 19.0 Å². The Labute approximate surface area is 239 Å². The summed E-state index contributed by atoms with van der Waals surface area (Å²) in [7, 11) is -17.2. The zero-order valence-corrected chi connectivity index (χ0v) is 23.8. The Balaban J connectivity index is 1.53. The predicted molar refractivity (Wildman–Crippen MR) is 130 cm³/mol. The largest absolute Gasteiger partial charge is 0.573 e. The maximum atomic E-state index is 13.2. The number of aliphatic hydroxyl groups excluding tert-OH is 2. The minimum Gasteiger partial charge on any atom is -0.402 e. The van der Waals surface area contributed by atoms with Crippen molar-refractivity contribution in [3.05, 3.63) is 57.0 Å². The van der Waals surface area contributed by atoms with Gasteiger partial charge in [-0.25, -0.2) is 18.5 Å². The highest BCUT2D eigenvalue weighted by molar-refractivity contribution is 7.66. The number of hydrogen-bond donors (Lipinski definition) is 6. The molecule has 1 fully saturated rings. The van der Waals surface area contributed by atoms with Crippen LogP contribution >= 0.6 is 23.5 Å². The van der Waals surface area contributed by atoms with Crippen LogP contribution in [0.25, 0.3) is 11.0 Å². The van der Waals surface area contributed by atoms with Crippen molar-refractivity contribution in [2.75, 3.05) is 6.61 Å². The number of aromatic nitrogens is 3. The molecule has 0 radical (unpaired) electrons. The molecule has 1 aromatic carbocycles. The molecule has 2 aromatic heterocycles. The standard InChI is InChI=1S/C18H19F3N3O17P3/c19-18(20,21)38-10-3-1-2-8-9(22-39-15(8)10)6-24-12(25)4-5-23(17(24)28)16-14(27)13(26)11(37-16)7-36-43(32,33)41-44(34,35)40-42(29,30)31/h1-5,11,13-14,16,26-27H,6-7H2,(H,32,33)(H,34,35)(H2,29,30,31)/t11-,13+,14+,16-/m1/s1. The van der Waals surface area contributed by atoms with Crippen molar-refractivity contribution >= 4 is 34.4 Å². The molecule has 244 valence electrons. The Kier molecular flexibility index (Phi) is 9.47. The summed E-state index contributed by atoms with van der Waals surface area (Å²) in [4.78, 5) is 61.6. The maximum Gasteiger partial charge on any atom is 0.573 e. The van der Waals surface area contributed by atoms with Crippen LogP contribution in [0.4, 0.5) is 13.2 Å². The first-order valence-corrected chi connectivity index (χ1v) is 15.9. The monoisotopic (exact) mass is 699 g/mol. The quantitative estimate of drug-likeness (QED) is 0.144. The number of ether oxygens (including phenoxy) is 2. The van der Waals surface area contributed by atoms with Crippen molar-refractivity contribution < 1.29 is 83.8 Å². The highest BCUT2D eigenvalue weighted by atomic mass is 31.3. The minimum absolute atomic E-state index is 0.0486. The number of rotatable bonds is 11. The lowest BCUT2D eigenvalue weighted by atomic mass is 10.1. The number of fused-ring (bicyclic) bond motifs is 1. The van der Waals surface area contributed by atoms with Gasteiger partial charge in [0.2, 0.25) is 5.58 Å². The van der Waals surface area contributed by atoms with Crippen molar-refractivity contribution in [1.29, 1.82) is 0 Å². The molecule has 26 heteroatoms. The molecule has 0 bridgehead atoms. The molecule has 0 amide bonds. The van der Waals surface area contributed by atoms with Gasteiger partial charge in [0.25, 0.3) is 5.56 Å². The Hall–Kier alpha value is -2.75. The molecule has 0 saturated carbocycles. The lowest BCUT2D eigenvalue weighted by molar-refractivity contribution is -0.274. The molecule has 1 saturated heterocycles. The SMILES string of the molecule is O=c1ccn([C@@H]2O[C@H](COP(=O)(O)OP(=O)(O)OP(=O)(O)O)[C@H](O)[C@@H]2O)c(=O)n1Cc1noc2c(OC(F)(F)F)cccc12. The number of halogens is 3. The topological polar surface area (TPSA) is 289 Å². The van der Waals surface area contributed by atoms with Crippen LogP contribution in [0.3, 0.4) is 0 Å². The van der Waals surface area contributed by atoms with Gasteiger partial charge < -0.3 is 43.8 Å². The number of phosphoric acid groups is 3. The van der Waals surface area contributed by atoms with Gasteiger partial charge in [-0.1, -0.05) is 11.2 Å². The number of para-hydroxylation sites is 1. The second-order valence-electron chi connectivity index (χ2n) is 8.67. The molecule has 0 aliphatic carbocycles. The number of nitrogens with zero attached hydrogens (tertiary/aromatic N) is 3. The molecule has 20 nitrogen and oxygen atoms in total. The maximum absolute atomic E-state index is 13.2. The van der Waals surface area contributed by atoms with Crippen molar-refractivity contribution in [2.24, 2.45) is 0 Å². The van der Waals surface area contributed by atoms with Crippen LogP contribution in [0, 0.1) is 0 Å². The van der Waals surface area contributed by atoms with Crippen LogP contribution in [-0.2, 0) is 38.1 Å². The van der Waals surface area contributed by atoms with Crippen molar-refractivity contribution in [3.8, 4) is 5.75 Å². The van der Waals surface area contributed by atoms with E-state index in [1.165, 1.54) is 12.1 Å². The van der Waals surface area contributed by atoms with E-state index in [9.17, 15) is 56.5 Å². The summed E-state index contributed by atoms with van der Waals surface area (Å²) in [5, 5.41) is 24.3. The van der Waals surface area contributed by atoms with Crippen molar-refractivity contribution in [2.45, 2.75) is 37.4 Å². The van der Waals surface area contributed by atoms with Gasteiger partial charge in [0, 0.05) is 12.3 Å². The number of benzene rings is 1. The van der Waals surface area contributed by atoms with Crippen LogP contribution in [-0.4, -0.2) is 75.4 Å². The van der Waals surface area contributed by atoms with Gasteiger partial charge in [-0.3, -0.25) is 18.5 Å². The van der Waals surface area contributed by atoms with E-state index in [0.717, 1.165) is 18.3 Å². The van der Waals surface area contributed by atoms with E-state index in [0.29, 0.717) is 9.13 Å². The third kappa shape index (κ3) is 8.09. The summed E-state index contributed by atoms with van der Waals surface area (Å²) in [6.45, 7) is -1.85. The molecule has 6 N–H and O–H groups in total. The number of aliphatic hydroxyl groups is 2. The molecule has 4 rings (SSSR count). The smallest absolute Gasteiger partial charge is 0.402 e. The Bertz CT molecular complexity index is 1800. The zero-order chi connectivity index (χ0) is 32.8. The van der Waals surface area contributed by atoms with E-state index in [1.54, 1.807) is 0 Å². The van der Waals surface area contributed by atoms with E-state index in [-0.39, 0.29) is 11.1 Å². The second kappa shape index (κ2) is 12.2. The first kappa shape index (κ1) is 34.1. The van der Waals surface area contributed by atoms with E-state index < -0.39 is 90.1 Å². The van der Waals surface area contributed by atoms with Gasteiger partial charge in [-0.15, -0.1) is 13.2 Å². The first-order chi connectivity index (χ1) is 20.2. The first-order valence-electron chi connectivity index (χ1n) is 11.4. The summed E-state index contributed by atoms with van der Waals surface area (Å²) in [6, 6.07) is 4.21. The number of hydrogen-bond acceptors (Lipinski definition) is 14. The lowest BCUT2D eigenvalue weighted by Crippen LogP contribution is -2.43. The zero-order valence-electron chi connectivity index (χ0n) is 21.1. The van der Waals surface area contributed by atoms with Crippen LogP contribution in [0.5, 0.6) is 5.75 Å². The summed E-state index contributed by atoms with van der Waals surface area (Å²) in [5.74, 6) is -0.745. The summed E-state index contributed by atoms with van der Waals surface area (Å²) >= 11 is 0. The molecule has 1 aliphatic rings. The minimum atomic E-state index is -5.85. The third-order valence-electron chi connectivity index (χ3n) is 5.60. The molecule has 1 aliphatic heterocycles. The van der Waals surface area contributed by atoms with Crippen LogP contribution in [0.1, 0.15) is 11.9 Å². The second-order valence-corrected chi connectivity index (χ2v) is 13.1. The summed E-state index contributed by atoms with van der Waals surface area (Å²) in [5.41, 5.74) is -2.75. The molecule has 3 heterocycles. The van der Waals surface area contributed by atoms with Gasteiger partial charge in [0.1, 0.15) is 24.0 Å². The molecular formula is C18H19F3N3O17P3. The van der Waals surface area contributed by atoms with E-state index in [1.807, 2.05) is 0 Å². The van der Waals surface area contributed by atoms with Crippen LogP contribution < -0.4 is 16.0 Å². The Morgan fingerprint density at radius 2 is 1.66 bits per heavy atom. The fourth-order valence-corrected chi connectivity index (χ4v) is 6.92. The van der Waals surface area contributed by atoms with Gasteiger partial charge in [0.05, 0.1) is 18.5 Å². The lowest BCUT2D eigenvalue weighted by Gasteiger charge is -2.19.